The fraction of sp³-hybridized carbons (Fsp3) is 0.556. The highest BCUT2D eigenvalue weighted by atomic mass is 19.1. The Morgan fingerprint density at radius 2 is 1.96 bits per heavy atom. The lowest BCUT2D eigenvalue weighted by Gasteiger charge is -2.28. The summed E-state index contributed by atoms with van der Waals surface area (Å²) in [6, 6.07) is 1.83. The summed E-state index contributed by atoms with van der Waals surface area (Å²) in [5.74, 6) is -0.390. The molecule has 130 valence electrons. The third-order valence-electron chi connectivity index (χ3n) is 5.04. The Morgan fingerprint density at radius 1 is 1.21 bits per heavy atom. The van der Waals surface area contributed by atoms with Crippen LogP contribution in [-0.2, 0) is 9.47 Å². The van der Waals surface area contributed by atoms with Gasteiger partial charge in [-0.25, -0.2) is 4.39 Å². The highest BCUT2D eigenvalue weighted by Gasteiger charge is 2.27. The van der Waals surface area contributed by atoms with Crippen LogP contribution < -0.4 is 5.32 Å². The Bertz CT molecular complexity index is 738. The predicted molar refractivity (Wildman–Crippen MR) is 87.4 cm³/mol. The number of hydrogen-bond donors (Lipinski definition) is 2. The van der Waals surface area contributed by atoms with Crippen LogP contribution in [0, 0.1) is 12.7 Å². The molecule has 5 nitrogen and oxygen atoms in total. The number of benzene rings is 1. The number of fused-ring (bicyclic) bond motifs is 1. The highest BCUT2D eigenvalue weighted by Crippen LogP contribution is 2.37. The van der Waals surface area contributed by atoms with Gasteiger partial charge >= 0.3 is 0 Å². The van der Waals surface area contributed by atoms with Crippen molar-refractivity contribution in [3.63, 3.8) is 0 Å². The molecule has 0 amide bonds. The number of hydrogen-bond acceptors (Lipinski definition) is 5. The normalized spacial score (nSPS) is 25.5. The van der Waals surface area contributed by atoms with Gasteiger partial charge in [0.15, 0.2) is 17.7 Å². The molecule has 1 saturated carbocycles. The van der Waals surface area contributed by atoms with Gasteiger partial charge in [0.25, 0.3) is 0 Å². The number of rotatable bonds is 3. The highest BCUT2D eigenvalue weighted by molar-refractivity contribution is 5.92. The quantitative estimate of drug-likeness (QED) is 0.896. The van der Waals surface area contributed by atoms with Crippen LogP contribution in [0.3, 0.4) is 0 Å². The van der Waals surface area contributed by atoms with E-state index in [1.54, 1.807) is 6.92 Å². The van der Waals surface area contributed by atoms with Crippen LogP contribution in [0.1, 0.15) is 43.1 Å². The van der Waals surface area contributed by atoms with Gasteiger partial charge < -0.3 is 24.3 Å². The standard InChI is InChI=1S/C18H22FNO4/c1-10-11(18-22-6-7-23-18)8-12-14(9-24-17(12)16(10)19)20-13-4-2-3-5-15(13)21/h8-9,13,15,18,20-21H,2-7H2,1H3/t13-,15-/m1/s1. The van der Waals surface area contributed by atoms with Crippen molar-refractivity contribution < 1.29 is 23.4 Å². The zero-order valence-corrected chi connectivity index (χ0v) is 13.7. The SMILES string of the molecule is Cc1c(C2OCCO2)cc2c(N[C@@H]3CCCC[C@H]3O)coc2c1F. The Hall–Kier alpha value is -1.63. The van der Waals surface area contributed by atoms with Crippen molar-refractivity contribution in [1.29, 1.82) is 0 Å². The van der Waals surface area contributed by atoms with E-state index in [4.69, 9.17) is 13.9 Å². The number of nitrogens with one attached hydrogen (secondary N) is 1. The van der Waals surface area contributed by atoms with Crippen LogP contribution in [-0.4, -0.2) is 30.5 Å². The first kappa shape index (κ1) is 15.9. The van der Waals surface area contributed by atoms with E-state index in [1.807, 2.05) is 6.07 Å². The van der Waals surface area contributed by atoms with Crippen molar-refractivity contribution in [2.24, 2.45) is 0 Å². The molecule has 1 aliphatic carbocycles. The number of aliphatic hydroxyl groups excluding tert-OH is 1. The van der Waals surface area contributed by atoms with Gasteiger partial charge in [-0.1, -0.05) is 12.8 Å². The molecule has 1 aromatic heterocycles. The minimum atomic E-state index is -0.535. The molecule has 2 aliphatic rings. The van der Waals surface area contributed by atoms with Gasteiger partial charge in [-0.3, -0.25) is 0 Å². The molecule has 4 rings (SSSR count). The zero-order valence-electron chi connectivity index (χ0n) is 13.7. The summed E-state index contributed by atoms with van der Waals surface area (Å²) in [5.41, 5.74) is 2.09. The Labute approximate surface area is 139 Å². The molecule has 24 heavy (non-hydrogen) atoms. The first-order chi connectivity index (χ1) is 11.6. The summed E-state index contributed by atoms with van der Waals surface area (Å²) in [7, 11) is 0. The largest absolute Gasteiger partial charge is 0.459 e. The fourth-order valence-electron chi connectivity index (χ4n) is 3.62. The zero-order chi connectivity index (χ0) is 16.7. The lowest BCUT2D eigenvalue weighted by atomic mass is 9.92. The second-order valence-corrected chi connectivity index (χ2v) is 6.61. The molecule has 1 aliphatic heterocycles. The average Bonchev–Trinajstić information content (AvgIpc) is 3.23. The molecule has 2 aromatic rings. The van der Waals surface area contributed by atoms with Gasteiger partial charge in [0.1, 0.15) is 6.26 Å². The smallest absolute Gasteiger partial charge is 0.184 e. The van der Waals surface area contributed by atoms with Crippen LogP contribution >= 0.6 is 0 Å². The van der Waals surface area contributed by atoms with Gasteiger partial charge in [-0.05, 0) is 31.4 Å². The summed E-state index contributed by atoms with van der Waals surface area (Å²) >= 11 is 0. The van der Waals surface area contributed by atoms with Gasteiger partial charge in [0.2, 0.25) is 0 Å². The summed E-state index contributed by atoms with van der Waals surface area (Å²) < 4.78 is 31.2. The molecule has 0 bridgehead atoms. The van der Waals surface area contributed by atoms with Gasteiger partial charge in [-0.15, -0.1) is 0 Å². The molecule has 2 N–H and O–H groups in total. The predicted octanol–water partition coefficient (Wildman–Crippen LogP) is 3.64. The molecule has 6 heteroatoms. The van der Waals surface area contributed by atoms with E-state index in [9.17, 15) is 9.50 Å². The van der Waals surface area contributed by atoms with Crippen LogP contribution in [0.2, 0.25) is 0 Å². The topological polar surface area (TPSA) is 63.9 Å². The first-order valence-electron chi connectivity index (χ1n) is 8.53. The van der Waals surface area contributed by atoms with Crippen molar-refractivity contribution in [1.82, 2.24) is 0 Å². The van der Waals surface area contributed by atoms with Crippen molar-refractivity contribution in [2.75, 3.05) is 18.5 Å². The summed E-state index contributed by atoms with van der Waals surface area (Å²) in [5, 5.41) is 14.1. The molecular weight excluding hydrogens is 313 g/mol. The fourth-order valence-corrected chi connectivity index (χ4v) is 3.62. The summed E-state index contributed by atoms with van der Waals surface area (Å²) in [6.45, 7) is 2.72. The van der Waals surface area contributed by atoms with Crippen molar-refractivity contribution in [3.8, 4) is 0 Å². The molecule has 0 radical (unpaired) electrons. The van der Waals surface area contributed by atoms with Crippen LogP contribution in [0.4, 0.5) is 10.1 Å². The molecule has 0 spiro atoms. The van der Waals surface area contributed by atoms with Crippen molar-refractivity contribution in [2.45, 2.75) is 51.0 Å². The first-order valence-corrected chi connectivity index (χ1v) is 8.53. The maximum atomic E-state index is 14.7. The molecule has 2 fully saturated rings. The van der Waals surface area contributed by atoms with Crippen LogP contribution in [0.15, 0.2) is 16.7 Å². The molecule has 2 heterocycles. The van der Waals surface area contributed by atoms with E-state index in [-0.39, 0.29) is 23.5 Å². The van der Waals surface area contributed by atoms with Crippen molar-refractivity contribution >= 4 is 16.7 Å². The van der Waals surface area contributed by atoms with Crippen molar-refractivity contribution in [3.05, 3.63) is 29.3 Å². The number of ether oxygens (including phenoxy) is 2. The molecule has 1 saturated heterocycles. The van der Waals surface area contributed by atoms with Gasteiger partial charge in [-0.2, -0.15) is 0 Å². The number of aliphatic hydroxyl groups is 1. The van der Waals surface area contributed by atoms with E-state index in [0.29, 0.717) is 35.4 Å². The maximum Gasteiger partial charge on any atom is 0.184 e. The Morgan fingerprint density at radius 3 is 2.71 bits per heavy atom. The van der Waals surface area contributed by atoms with Crippen LogP contribution in [0.25, 0.3) is 11.0 Å². The lowest BCUT2D eigenvalue weighted by Crippen LogP contribution is -2.36. The third kappa shape index (κ3) is 2.68. The maximum absolute atomic E-state index is 14.7. The Kier molecular flexibility index (Phi) is 4.20. The third-order valence-corrected chi connectivity index (χ3v) is 5.04. The van der Waals surface area contributed by atoms with E-state index in [1.165, 1.54) is 6.26 Å². The second kappa shape index (κ2) is 6.35. The van der Waals surface area contributed by atoms with E-state index in [0.717, 1.165) is 25.7 Å². The van der Waals surface area contributed by atoms with E-state index >= 15 is 0 Å². The number of halogens is 1. The monoisotopic (exact) mass is 335 g/mol. The minimum absolute atomic E-state index is 0.0358. The molecule has 1 aromatic carbocycles. The Balaban J connectivity index is 1.71. The number of furan rings is 1. The molecule has 0 unspecified atom stereocenters. The van der Waals surface area contributed by atoms with Gasteiger partial charge in [0.05, 0.1) is 31.0 Å². The molecule has 2 atom stereocenters. The number of anilines is 1. The van der Waals surface area contributed by atoms with E-state index < -0.39 is 6.29 Å². The lowest BCUT2D eigenvalue weighted by molar-refractivity contribution is -0.0446. The van der Waals surface area contributed by atoms with Gasteiger partial charge in [0, 0.05) is 10.9 Å². The van der Waals surface area contributed by atoms with Crippen LogP contribution in [0.5, 0.6) is 0 Å². The van der Waals surface area contributed by atoms with E-state index in [2.05, 4.69) is 5.32 Å². The molecular formula is C18H22FNO4. The second-order valence-electron chi connectivity index (χ2n) is 6.61. The summed E-state index contributed by atoms with van der Waals surface area (Å²) in [6.07, 6.45) is 4.40. The minimum Gasteiger partial charge on any atom is -0.459 e. The average molecular weight is 335 g/mol. The summed E-state index contributed by atoms with van der Waals surface area (Å²) in [4.78, 5) is 0.